The van der Waals surface area contributed by atoms with Crippen LogP contribution in [0.25, 0.3) is 33.4 Å². The first-order valence-corrected chi connectivity index (χ1v) is 19.8. The van der Waals surface area contributed by atoms with Crippen molar-refractivity contribution >= 4 is 39.5 Å². The summed E-state index contributed by atoms with van der Waals surface area (Å²) in [5.74, 6) is 0. The minimum Gasteiger partial charge on any atom is -0.326 e. The molecule has 4 heteroatoms. The van der Waals surface area contributed by atoms with Gasteiger partial charge in [0.05, 0.1) is 5.52 Å². The normalized spacial score (nSPS) is 10.4. The Bertz CT molecular complexity index is 2200. The van der Waals surface area contributed by atoms with E-state index in [-0.39, 0.29) is 0 Å². The second-order valence-electron chi connectivity index (χ2n) is 13.2. The Morgan fingerprint density at radius 3 is 2.07 bits per heavy atom. The van der Waals surface area contributed by atoms with Gasteiger partial charge in [0.25, 0.3) is 0 Å². The minimum absolute atomic E-state index is 0.569. The molecule has 0 saturated carbocycles. The highest BCUT2D eigenvalue weighted by Gasteiger charge is 2.13. The van der Waals surface area contributed by atoms with Gasteiger partial charge < -0.3 is 15.6 Å². The predicted octanol–water partition coefficient (Wildman–Crippen LogP) is 12.6. The smallest absolute Gasteiger partial charge is 0.0537 e. The lowest BCUT2D eigenvalue weighted by molar-refractivity contribution is 0.818. The third-order valence-electron chi connectivity index (χ3n) is 8.95. The van der Waals surface area contributed by atoms with Gasteiger partial charge in [-0.1, -0.05) is 146 Å². The maximum Gasteiger partial charge on any atom is 0.0537 e. The Balaban J connectivity index is 0.000000185. The molecule has 7 aromatic rings. The highest BCUT2D eigenvalue weighted by Crippen LogP contribution is 2.31. The van der Waals surface area contributed by atoms with Crippen LogP contribution in [-0.4, -0.2) is 17.9 Å². The van der Waals surface area contributed by atoms with E-state index >= 15 is 0 Å². The molecule has 0 aliphatic rings. The van der Waals surface area contributed by atoms with E-state index in [2.05, 4.69) is 172 Å². The van der Waals surface area contributed by atoms with Crippen molar-refractivity contribution in [1.29, 1.82) is 0 Å². The molecule has 0 atom stereocenters. The number of aromatic nitrogens is 1. The van der Waals surface area contributed by atoms with Gasteiger partial charge in [0.2, 0.25) is 0 Å². The van der Waals surface area contributed by atoms with E-state index in [1.54, 1.807) is 0 Å². The van der Waals surface area contributed by atoms with Crippen LogP contribution in [0.4, 0.5) is 0 Å². The lowest BCUT2D eigenvalue weighted by Crippen LogP contribution is -2.03. The third-order valence-corrected chi connectivity index (χ3v) is 9.83. The number of hydrogen-bond acceptors (Lipinski definition) is 3. The van der Waals surface area contributed by atoms with E-state index in [0.717, 1.165) is 30.6 Å². The zero-order chi connectivity index (χ0) is 38.7. The van der Waals surface area contributed by atoms with Gasteiger partial charge in [-0.15, -0.1) is 11.8 Å². The second kappa shape index (κ2) is 22.0. The molecule has 1 heterocycles. The number of benzene rings is 5. The van der Waals surface area contributed by atoms with Crippen LogP contribution < -0.4 is 11.1 Å². The monoisotopic (exact) mass is 729 g/mol. The van der Waals surface area contributed by atoms with Crippen LogP contribution in [-0.2, 0) is 13.1 Å². The van der Waals surface area contributed by atoms with Crippen LogP contribution in [0.5, 0.6) is 0 Å². The second-order valence-corrected chi connectivity index (χ2v) is 14.0. The van der Waals surface area contributed by atoms with E-state index in [0.29, 0.717) is 6.54 Å². The molecule has 0 bridgehead atoms. The third kappa shape index (κ3) is 12.1. The number of para-hydroxylation sites is 1. The summed E-state index contributed by atoms with van der Waals surface area (Å²) in [5.41, 5.74) is 16.9. The first-order chi connectivity index (χ1) is 26.3. The molecule has 1 aromatic heterocycles. The van der Waals surface area contributed by atoms with Crippen LogP contribution in [0.2, 0.25) is 0 Å². The first-order valence-electron chi connectivity index (χ1n) is 18.6. The zero-order valence-electron chi connectivity index (χ0n) is 32.8. The van der Waals surface area contributed by atoms with Crippen molar-refractivity contribution in [2.75, 3.05) is 13.3 Å². The van der Waals surface area contributed by atoms with Crippen molar-refractivity contribution in [3.05, 3.63) is 197 Å². The van der Waals surface area contributed by atoms with Gasteiger partial charge >= 0.3 is 0 Å². The highest BCUT2D eigenvalue weighted by molar-refractivity contribution is 7.98. The lowest BCUT2D eigenvalue weighted by atomic mass is 10.1. The largest absolute Gasteiger partial charge is 0.326 e. The van der Waals surface area contributed by atoms with Crippen LogP contribution in [0, 0.1) is 32.9 Å². The summed E-state index contributed by atoms with van der Waals surface area (Å²) in [5, 5.41) is 6.98. The average Bonchev–Trinajstić information content (AvgIpc) is 3.49. The fourth-order valence-electron chi connectivity index (χ4n) is 6.10. The van der Waals surface area contributed by atoms with E-state index in [1.807, 2.05) is 55.2 Å². The fourth-order valence-corrected chi connectivity index (χ4v) is 6.73. The van der Waals surface area contributed by atoms with E-state index < -0.39 is 0 Å². The van der Waals surface area contributed by atoms with Crippen LogP contribution >= 0.6 is 11.8 Å². The first kappa shape index (κ1) is 41.4. The molecule has 276 valence electrons. The molecule has 0 radical (unpaired) electrons. The Labute approximate surface area is 328 Å². The Morgan fingerprint density at radius 2 is 1.48 bits per heavy atom. The van der Waals surface area contributed by atoms with Gasteiger partial charge in [-0.05, 0) is 110 Å². The summed E-state index contributed by atoms with van der Waals surface area (Å²) < 4.78 is 2.32. The number of nitrogens with one attached hydrogen (secondary N) is 1. The van der Waals surface area contributed by atoms with Crippen molar-refractivity contribution < 1.29 is 0 Å². The average molecular weight is 730 g/mol. The van der Waals surface area contributed by atoms with Gasteiger partial charge in [-0.2, -0.15) is 0 Å². The van der Waals surface area contributed by atoms with Gasteiger partial charge in [0.15, 0.2) is 0 Å². The molecule has 7 rings (SSSR count). The summed E-state index contributed by atoms with van der Waals surface area (Å²) in [6.45, 7) is 14.2. The van der Waals surface area contributed by atoms with Gasteiger partial charge in [0.1, 0.15) is 0 Å². The van der Waals surface area contributed by atoms with Crippen LogP contribution in [0.1, 0.15) is 53.3 Å². The number of hydrogen-bond donors (Lipinski definition) is 2. The van der Waals surface area contributed by atoms with E-state index in [4.69, 9.17) is 5.73 Å². The quantitative estimate of drug-likeness (QED) is 0.115. The number of nitrogens with two attached hydrogens (primary N) is 1. The van der Waals surface area contributed by atoms with Crippen molar-refractivity contribution in [3.63, 3.8) is 0 Å². The molecule has 0 aliphatic carbocycles. The number of allylic oxidation sites excluding steroid dienone is 2. The highest BCUT2D eigenvalue weighted by atomic mass is 32.2. The Hall–Kier alpha value is -5.31. The van der Waals surface area contributed by atoms with Crippen molar-refractivity contribution in [2.24, 2.45) is 5.73 Å². The number of thioether (sulfide) groups is 1. The van der Waals surface area contributed by atoms with Crippen LogP contribution in [0.15, 0.2) is 157 Å². The number of nitrogens with zero attached hydrogens (tertiary/aromatic N) is 1. The van der Waals surface area contributed by atoms with E-state index in [1.165, 1.54) is 60.1 Å². The summed E-state index contributed by atoms with van der Waals surface area (Å²) in [6.07, 6.45) is 8.64. The SMILES string of the molecule is C=C(/C=C\c1c(C)n(-c2ccc(CN)cc2)c2ccccc12)CCC.CNCc1cc#ccc1.CSc1cc2ccccc2cc1C.Cc1ccccc1. The Kier molecular flexibility index (Phi) is 16.9. The summed E-state index contributed by atoms with van der Waals surface area (Å²) in [4.78, 5) is 1.37. The standard InChI is InChI=1S/C23H26N2.C12H12S.C8H9N.C7H8/c1-4-7-17(2)10-15-21-18(3)25(23-9-6-5-8-22(21)23)20-13-11-19(16-24)12-14-20;1-9-7-10-5-3-4-6-11(10)8-12(9)13-2;1-9-7-8-5-3-2-4-6-8;1-7-5-3-2-4-6-7/h5-6,8-15H,2,4,7,16,24H2,1,3H3;3-8H,1-2H3;3,5-6,9H,7H2,1H3;2-6H,1H3/b15-10-;;;. The molecular formula is C50H55N3S. The van der Waals surface area contributed by atoms with Crippen molar-refractivity contribution in [2.45, 2.75) is 58.5 Å². The molecule has 0 amide bonds. The number of rotatable bonds is 9. The van der Waals surface area contributed by atoms with Crippen LogP contribution in [0.3, 0.4) is 0 Å². The minimum atomic E-state index is 0.569. The topological polar surface area (TPSA) is 43.0 Å². The number of fused-ring (bicyclic) bond motifs is 2. The summed E-state index contributed by atoms with van der Waals surface area (Å²) in [7, 11) is 1.93. The molecule has 0 aliphatic heterocycles. The molecule has 6 aromatic carbocycles. The molecule has 0 saturated heterocycles. The number of aryl methyl sites for hydroxylation is 2. The van der Waals surface area contributed by atoms with Crippen molar-refractivity contribution in [3.8, 4) is 5.69 Å². The molecular weight excluding hydrogens is 675 g/mol. The van der Waals surface area contributed by atoms with Gasteiger partial charge in [-0.25, -0.2) is 0 Å². The summed E-state index contributed by atoms with van der Waals surface area (Å²) >= 11 is 1.81. The molecule has 0 fully saturated rings. The summed E-state index contributed by atoms with van der Waals surface area (Å²) in [6, 6.07) is 51.8. The Morgan fingerprint density at radius 1 is 0.815 bits per heavy atom. The van der Waals surface area contributed by atoms with Gasteiger partial charge in [-0.3, -0.25) is 0 Å². The van der Waals surface area contributed by atoms with E-state index in [9.17, 15) is 0 Å². The maximum absolute atomic E-state index is 5.73. The van der Waals surface area contributed by atoms with Crippen molar-refractivity contribution in [1.82, 2.24) is 9.88 Å². The molecule has 3 nitrogen and oxygen atoms in total. The van der Waals surface area contributed by atoms with Gasteiger partial charge in [0, 0.05) is 40.3 Å². The molecule has 0 spiro atoms. The predicted molar refractivity (Wildman–Crippen MR) is 238 cm³/mol. The lowest BCUT2D eigenvalue weighted by Gasteiger charge is -2.09. The zero-order valence-corrected chi connectivity index (χ0v) is 33.6. The molecule has 3 N–H and O–H groups in total. The maximum atomic E-state index is 5.73. The molecule has 0 unspecified atom stereocenters. The fraction of sp³-hybridized carbons (Fsp3) is 0.200. The molecule has 54 heavy (non-hydrogen) atoms.